The van der Waals surface area contributed by atoms with Gasteiger partial charge >= 0.3 is 0 Å². The fourth-order valence-corrected chi connectivity index (χ4v) is 4.04. The molecule has 0 spiro atoms. The molecular formula is C28H36Cl2N4O2. The van der Waals surface area contributed by atoms with Gasteiger partial charge in [0.25, 0.3) is 0 Å². The lowest BCUT2D eigenvalue weighted by atomic mass is 10.1. The Hall–Kier alpha value is -2.96. The molecule has 36 heavy (non-hydrogen) atoms. The van der Waals surface area contributed by atoms with Crippen molar-refractivity contribution >= 4 is 58.4 Å². The van der Waals surface area contributed by atoms with E-state index in [0.717, 1.165) is 70.3 Å². The second-order valence-corrected chi connectivity index (χ2v) is 9.35. The summed E-state index contributed by atoms with van der Waals surface area (Å²) in [6.07, 6.45) is 3.79. The normalized spacial score (nSPS) is 12.4. The van der Waals surface area contributed by atoms with Crippen molar-refractivity contribution in [2.75, 3.05) is 0 Å². The molecule has 4 N–H and O–H groups in total. The van der Waals surface area contributed by atoms with E-state index in [0.29, 0.717) is 11.7 Å². The van der Waals surface area contributed by atoms with Crippen LogP contribution in [-0.4, -0.2) is 23.8 Å². The van der Waals surface area contributed by atoms with Gasteiger partial charge in [-0.3, -0.25) is 9.98 Å². The van der Waals surface area contributed by atoms with Crippen LogP contribution in [0.15, 0.2) is 67.4 Å². The Kier molecular flexibility index (Phi) is 10.4. The molecule has 2 aromatic carbocycles. The molecule has 4 rings (SSSR count). The Labute approximate surface area is 225 Å². The summed E-state index contributed by atoms with van der Waals surface area (Å²) in [7, 11) is 0. The zero-order chi connectivity index (χ0) is 24.2. The van der Waals surface area contributed by atoms with Crippen LogP contribution < -0.4 is 11.5 Å². The van der Waals surface area contributed by atoms with E-state index < -0.39 is 0 Å². The number of unbranched alkanes of at least 4 members (excludes halogenated alkanes) is 1. The molecule has 0 atom stereocenters. The van der Waals surface area contributed by atoms with Gasteiger partial charge in [0.2, 0.25) is 0 Å². The SMILES string of the molecule is CC(C)N=C(N)c1ccc2cc(CCCCc3cc4ccc(C(N)=NC(C)C)cc4o3)oc2c1.Cl.Cl. The third kappa shape index (κ3) is 7.28. The molecule has 0 saturated carbocycles. The third-order valence-corrected chi connectivity index (χ3v) is 5.62. The molecule has 0 fully saturated rings. The summed E-state index contributed by atoms with van der Waals surface area (Å²) < 4.78 is 12.1. The lowest BCUT2D eigenvalue weighted by Crippen LogP contribution is -2.15. The molecule has 6 nitrogen and oxygen atoms in total. The summed E-state index contributed by atoms with van der Waals surface area (Å²) in [6.45, 7) is 8.05. The number of hydrogen-bond acceptors (Lipinski definition) is 4. The van der Waals surface area contributed by atoms with E-state index in [9.17, 15) is 0 Å². The van der Waals surface area contributed by atoms with Crippen molar-refractivity contribution in [3.63, 3.8) is 0 Å². The zero-order valence-corrected chi connectivity index (χ0v) is 22.9. The molecule has 0 aliphatic heterocycles. The smallest absolute Gasteiger partial charge is 0.135 e. The number of fused-ring (bicyclic) bond motifs is 2. The Bertz CT molecular complexity index is 1250. The van der Waals surface area contributed by atoms with Gasteiger partial charge in [0.05, 0.1) is 0 Å². The molecule has 2 heterocycles. The predicted molar refractivity (Wildman–Crippen MR) is 155 cm³/mol. The van der Waals surface area contributed by atoms with Crippen molar-refractivity contribution < 1.29 is 8.83 Å². The lowest BCUT2D eigenvalue weighted by Gasteiger charge is -2.03. The highest BCUT2D eigenvalue weighted by molar-refractivity contribution is 6.01. The van der Waals surface area contributed by atoms with E-state index in [-0.39, 0.29) is 36.9 Å². The summed E-state index contributed by atoms with van der Waals surface area (Å²) in [5.41, 5.74) is 15.7. The maximum absolute atomic E-state index is 6.10. The van der Waals surface area contributed by atoms with E-state index in [2.05, 4.69) is 22.1 Å². The Morgan fingerprint density at radius 3 is 1.42 bits per heavy atom. The first kappa shape index (κ1) is 29.3. The first-order chi connectivity index (χ1) is 16.3. The summed E-state index contributed by atoms with van der Waals surface area (Å²) in [6, 6.07) is 16.6. The summed E-state index contributed by atoms with van der Waals surface area (Å²) in [4.78, 5) is 8.85. The van der Waals surface area contributed by atoms with E-state index >= 15 is 0 Å². The molecular weight excluding hydrogens is 495 g/mol. The molecule has 194 valence electrons. The van der Waals surface area contributed by atoms with Crippen molar-refractivity contribution in [2.24, 2.45) is 21.5 Å². The van der Waals surface area contributed by atoms with Gasteiger partial charge < -0.3 is 20.3 Å². The molecule has 0 aliphatic carbocycles. The number of amidine groups is 2. The summed E-state index contributed by atoms with van der Waals surface area (Å²) in [5, 5.41) is 2.17. The number of hydrogen-bond donors (Lipinski definition) is 2. The number of halogens is 2. The molecule has 4 aromatic rings. The van der Waals surface area contributed by atoms with Crippen LogP contribution in [0.1, 0.15) is 63.2 Å². The predicted octanol–water partition coefficient (Wildman–Crippen LogP) is 6.82. The first-order valence-electron chi connectivity index (χ1n) is 12.0. The van der Waals surface area contributed by atoms with Crippen molar-refractivity contribution in [1.29, 1.82) is 0 Å². The molecule has 0 unspecified atom stereocenters. The molecule has 2 aromatic heterocycles. The number of aryl methyl sites for hydroxylation is 2. The van der Waals surface area contributed by atoms with E-state index in [1.165, 1.54) is 0 Å². The van der Waals surface area contributed by atoms with E-state index in [1.54, 1.807) is 0 Å². The van der Waals surface area contributed by atoms with Gasteiger partial charge in [-0.1, -0.05) is 24.3 Å². The number of nitrogens with zero attached hydrogens (tertiary/aromatic N) is 2. The number of aliphatic imine (C=N–C) groups is 2. The van der Waals surface area contributed by atoms with Crippen LogP contribution in [0, 0.1) is 0 Å². The van der Waals surface area contributed by atoms with Gasteiger partial charge in [-0.05, 0) is 64.8 Å². The van der Waals surface area contributed by atoms with Crippen LogP contribution in [-0.2, 0) is 12.8 Å². The maximum atomic E-state index is 6.10. The average molecular weight is 532 g/mol. The van der Waals surface area contributed by atoms with Crippen molar-refractivity contribution in [2.45, 2.75) is 65.5 Å². The highest BCUT2D eigenvalue weighted by Gasteiger charge is 2.09. The van der Waals surface area contributed by atoms with Gasteiger partial charge in [-0.15, -0.1) is 24.8 Å². The highest BCUT2D eigenvalue weighted by atomic mass is 35.5. The van der Waals surface area contributed by atoms with Gasteiger partial charge in [-0.2, -0.15) is 0 Å². The summed E-state index contributed by atoms with van der Waals surface area (Å²) in [5.74, 6) is 3.06. The van der Waals surface area contributed by atoms with E-state index in [1.807, 2.05) is 64.1 Å². The fourth-order valence-electron chi connectivity index (χ4n) is 4.04. The second kappa shape index (κ2) is 12.8. The monoisotopic (exact) mass is 530 g/mol. The third-order valence-electron chi connectivity index (χ3n) is 5.62. The van der Waals surface area contributed by atoms with Crippen LogP contribution in [0.5, 0.6) is 0 Å². The highest BCUT2D eigenvalue weighted by Crippen LogP contribution is 2.24. The summed E-state index contributed by atoms with van der Waals surface area (Å²) >= 11 is 0. The minimum Gasteiger partial charge on any atom is -0.461 e. The molecule has 0 bridgehead atoms. The van der Waals surface area contributed by atoms with Gasteiger partial charge in [0.15, 0.2) is 0 Å². The minimum atomic E-state index is 0. The number of nitrogens with two attached hydrogens (primary N) is 2. The minimum absolute atomic E-state index is 0. The Morgan fingerprint density at radius 2 is 1.06 bits per heavy atom. The van der Waals surface area contributed by atoms with Crippen LogP contribution in [0.3, 0.4) is 0 Å². The van der Waals surface area contributed by atoms with Gasteiger partial charge in [0.1, 0.15) is 34.4 Å². The van der Waals surface area contributed by atoms with Crippen LogP contribution in [0.2, 0.25) is 0 Å². The van der Waals surface area contributed by atoms with Gasteiger partial charge in [0, 0.05) is 46.8 Å². The topological polar surface area (TPSA) is 103 Å². The van der Waals surface area contributed by atoms with E-state index in [4.69, 9.17) is 20.3 Å². The quantitative estimate of drug-likeness (QED) is 0.141. The number of furan rings is 2. The number of benzene rings is 2. The number of rotatable bonds is 9. The molecule has 0 radical (unpaired) electrons. The second-order valence-electron chi connectivity index (χ2n) is 9.35. The van der Waals surface area contributed by atoms with Crippen molar-refractivity contribution in [3.05, 3.63) is 71.2 Å². The Balaban J connectivity index is 0.00000228. The van der Waals surface area contributed by atoms with Crippen molar-refractivity contribution in [3.8, 4) is 0 Å². The average Bonchev–Trinajstić information content (AvgIpc) is 3.37. The van der Waals surface area contributed by atoms with Crippen LogP contribution in [0.4, 0.5) is 0 Å². The van der Waals surface area contributed by atoms with Crippen molar-refractivity contribution in [1.82, 2.24) is 0 Å². The molecule has 0 saturated heterocycles. The largest absolute Gasteiger partial charge is 0.461 e. The first-order valence-corrected chi connectivity index (χ1v) is 12.0. The van der Waals surface area contributed by atoms with Gasteiger partial charge in [-0.25, -0.2) is 0 Å². The fraction of sp³-hybridized carbons (Fsp3) is 0.357. The maximum Gasteiger partial charge on any atom is 0.135 e. The zero-order valence-electron chi connectivity index (χ0n) is 21.3. The van der Waals surface area contributed by atoms with Crippen LogP contribution in [0.25, 0.3) is 21.9 Å². The molecule has 8 heteroatoms. The molecule has 0 aliphatic rings. The lowest BCUT2D eigenvalue weighted by molar-refractivity contribution is 0.509. The molecule has 0 amide bonds. The standard InChI is InChI=1S/C28H34N4O2.2ClH/c1-17(2)31-27(29)21-11-9-19-13-23(33-25(19)15-21)7-5-6-8-24-14-20-10-12-22(16-26(20)34-24)28(30)32-18(3)4;;/h9-18H,5-8H2,1-4H3,(H2,29,31)(H2,30,32);2*1H. The van der Waals surface area contributed by atoms with Crippen LogP contribution >= 0.6 is 24.8 Å². The Morgan fingerprint density at radius 1 is 0.667 bits per heavy atom.